The lowest BCUT2D eigenvalue weighted by Gasteiger charge is -1.91. The highest BCUT2D eigenvalue weighted by atomic mass is 35.5. The van der Waals surface area contributed by atoms with Gasteiger partial charge in [-0.05, 0) is 0 Å². The molecular weight excluding hydrogens is 182 g/mol. The summed E-state index contributed by atoms with van der Waals surface area (Å²) in [5, 5.41) is 7.18. The predicted octanol–water partition coefficient (Wildman–Crippen LogP) is 2.24. The van der Waals surface area contributed by atoms with Crippen molar-refractivity contribution in [3.8, 4) is 0 Å². The molecule has 1 aromatic rings. The van der Waals surface area contributed by atoms with Gasteiger partial charge in [-0.1, -0.05) is 34.8 Å². The second-order valence-electron chi connectivity index (χ2n) is 1.23. The first-order chi connectivity index (χ1) is 4.22. The maximum Gasteiger partial charge on any atom is 0.171 e. The molecule has 0 aliphatic rings. The fraction of sp³-hybridized carbons (Fsp3) is 0. The van der Waals surface area contributed by atoms with Crippen LogP contribution in [0.5, 0.6) is 0 Å². The third-order valence-corrected chi connectivity index (χ3v) is 1.76. The summed E-state index contributed by atoms with van der Waals surface area (Å²) in [6, 6.07) is 0. The summed E-state index contributed by atoms with van der Waals surface area (Å²) < 4.78 is 0. The van der Waals surface area contributed by atoms with Gasteiger partial charge in [0.05, 0.1) is 5.02 Å². The van der Waals surface area contributed by atoms with E-state index in [1.807, 2.05) is 0 Å². The summed E-state index contributed by atoms with van der Waals surface area (Å²) in [5.41, 5.74) is 0. The van der Waals surface area contributed by atoms with E-state index in [2.05, 4.69) is 16.4 Å². The highest BCUT2D eigenvalue weighted by molar-refractivity contribution is 6.47. The molecule has 47 valence electrons. The van der Waals surface area contributed by atoms with Crippen molar-refractivity contribution in [2.24, 2.45) is 0 Å². The van der Waals surface area contributed by atoms with Gasteiger partial charge in [-0.25, -0.2) is 0 Å². The van der Waals surface area contributed by atoms with E-state index in [1.165, 1.54) is 0 Å². The van der Waals surface area contributed by atoms with E-state index < -0.39 is 0 Å². The second kappa shape index (κ2) is 2.69. The summed E-state index contributed by atoms with van der Waals surface area (Å²) in [6.07, 6.45) is 2.33. The van der Waals surface area contributed by atoms with Crippen LogP contribution in [0.25, 0.3) is 0 Å². The van der Waals surface area contributed by atoms with Gasteiger partial charge >= 0.3 is 0 Å². The van der Waals surface area contributed by atoms with Crippen molar-refractivity contribution in [3.63, 3.8) is 0 Å². The monoisotopic (exact) mass is 181 g/mol. The standard InChI is InChI=1S/C4Cl3N2/c5-2-1-8-9-4(7)3(2)6. The third-order valence-electron chi connectivity index (χ3n) is 0.660. The Hall–Kier alpha value is -0.0500. The molecule has 0 amide bonds. The molecule has 0 unspecified atom stereocenters. The van der Waals surface area contributed by atoms with Gasteiger partial charge in [0.1, 0.15) is 11.2 Å². The van der Waals surface area contributed by atoms with Gasteiger partial charge in [0.15, 0.2) is 5.15 Å². The Labute approximate surface area is 66.7 Å². The molecular formula is C4Cl3N2. The molecule has 0 spiro atoms. The zero-order chi connectivity index (χ0) is 6.85. The van der Waals surface area contributed by atoms with Crippen LogP contribution in [-0.4, -0.2) is 10.2 Å². The molecule has 0 N–H and O–H groups in total. The van der Waals surface area contributed by atoms with Gasteiger partial charge < -0.3 is 0 Å². The molecule has 0 saturated heterocycles. The van der Waals surface area contributed by atoms with Crippen LogP contribution in [0.1, 0.15) is 0 Å². The molecule has 1 rings (SSSR count). The summed E-state index contributed by atoms with van der Waals surface area (Å²) in [5.74, 6) is 0. The smallest absolute Gasteiger partial charge is 0.146 e. The Kier molecular flexibility index (Phi) is 2.11. The Morgan fingerprint density at radius 3 is 2.33 bits per heavy atom. The lowest BCUT2D eigenvalue weighted by atomic mass is 10.6. The van der Waals surface area contributed by atoms with E-state index in [1.54, 1.807) is 0 Å². The minimum Gasteiger partial charge on any atom is -0.146 e. The molecule has 1 radical (unpaired) electrons. The zero-order valence-electron chi connectivity index (χ0n) is 4.03. The zero-order valence-corrected chi connectivity index (χ0v) is 6.30. The summed E-state index contributed by atoms with van der Waals surface area (Å²) >= 11 is 16.3. The number of nitrogens with zero attached hydrogens (tertiary/aromatic N) is 2. The van der Waals surface area contributed by atoms with Crippen LogP contribution in [-0.2, 0) is 0 Å². The van der Waals surface area contributed by atoms with Crippen LogP contribution in [0.4, 0.5) is 0 Å². The Morgan fingerprint density at radius 1 is 1.22 bits per heavy atom. The van der Waals surface area contributed by atoms with Crippen LogP contribution in [0.2, 0.25) is 15.2 Å². The highest BCUT2D eigenvalue weighted by Gasteiger charge is 2.02. The largest absolute Gasteiger partial charge is 0.171 e. The van der Waals surface area contributed by atoms with Crippen molar-refractivity contribution in [2.45, 2.75) is 0 Å². The number of hydrogen-bond donors (Lipinski definition) is 0. The maximum atomic E-state index is 5.48. The number of rotatable bonds is 0. The summed E-state index contributed by atoms with van der Waals surface area (Å²) in [4.78, 5) is 0. The van der Waals surface area contributed by atoms with Crippen molar-refractivity contribution in [2.75, 3.05) is 0 Å². The first kappa shape index (κ1) is 7.06. The minimum absolute atomic E-state index is 0.0976. The molecule has 0 aliphatic carbocycles. The fourth-order valence-corrected chi connectivity index (χ4v) is 0.684. The van der Waals surface area contributed by atoms with Gasteiger partial charge in [0, 0.05) is 0 Å². The molecule has 5 heteroatoms. The van der Waals surface area contributed by atoms with Crippen molar-refractivity contribution in [3.05, 3.63) is 21.4 Å². The van der Waals surface area contributed by atoms with Gasteiger partial charge in [-0.3, -0.25) is 0 Å². The van der Waals surface area contributed by atoms with Gasteiger partial charge in [0.25, 0.3) is 0 Å². The van der Waals surface area contributed by atoms with Crippen LogP contribution < -0.4 is 0 Å². The van der Waals surface area contributed by atoms with Crippen LogP contribution in [0.15, 0.2) is 0 Å². The second-order valence-corrected chi connectivity index (χ2v) is 2.34. The van der Waals surface area contributed by atoms with E-state index in [0.29, 0.717) is 0 Å². The highest BCUT2D eigenvalue weighted by Crippen LogP contribution is 2.25. The van der Waals surface area contributed by atoms with E-state index >= 15 is 0 Å². The molecule has 0 atom stereocenters. The first-order valence-electron chi connectivity index (χ1n) is 1.96. The molecule has 0 bridgehead atoms. The fourth-order valence-electron chi connectivity index (χ4n) is 0.296. The molecule has 1 heterocycles. The SMILES string of the molecule is Clc1[c]nnc(Cl)c1Cl. The van der Waals surface area contributed by atoms with E-state index in [0.717, 1.165) is 0 Å². The van der Waals surface area contributed by atoms with Crippen LogP contribution >= 0.6 is 34.8 Å². The van der Waals surface area contributed by atoms with Gasteiger partial charge in [0.2, 0.25) is 0 Å². The average Bonchev–Trinajstić information content (AvgIpc) is 1.83. The molecule has 9 heavy (non-hydrogen) atoms. The van der Waals surface area contributed by atoms with E-state index in [4.69, 9.17) is 34.8 Å². The van der Waals surface area contributed by atoms with Crippen molar-refractivity contribution >= 4 is 34.8 Å². The summed E-state index contributed by atoms with van der Waals surface area (Å²) in [6.45, 7) is 0. The molecule has 2 nitrogen and oxygen atoms in total. The van der Waals surface area contributed by atoms with Gasteiger partial charge in [-0.15, -0.1) is 10.2 Å². The number of hydrogen-bond acceptors (Lipinski definition) is 2. The normalized spacial score (nSPS) is 9.67. The van der Waals surface area contributed by atoms with Crippen LogP contribution in [0.3, 0.4) is 0 Å². The topological polar surface area (TPSA) is 25.8 Å². The first-order valence-corrected chi connectivity index (χ1v) is 3.10. The average molecular weight is 182 g/mol. The molecule has 1 aromatic heterocycles. The Balaban J connectivity index is 3.25. The maximum absolute atomic E-state index is 5.48. The lowest BCUT2D eigenvalue weighted by Crippen LogP contribution is -1.82. The Bertz CT molecular complexity index is 205. The number of aromatic nitrogens is 2. The lowest BCUT2D eigenvalue weighted by molar-refractivity contribution is 1.02. The Morgan fingerprint density at radius 2 is 1.89 bits per heavy atom. The number of halogens is 3. The molecule has 0 saturated carbocycles. The van der Waals surface area contributed by atoms with E-state index in [-0.39, 0.29) is 15.2 Å². The minimum atomic E-state index is 0.0976. The quantitative estimate of drug-likeness (QED) is 0.615. The van der Waals surface area contributed by atoms with Crippen molar-refractivity contribution < 1.29 is 0 Å². The molecule has 0 fully saturated rings. The molecule has 0 aliphatic heterocycles. The van der Waals surface area contributed by atoms with Crippen LogP contribution in [0, 0.1) is 6.20 Å². The third kappa shape index (κ3) is 1.45. The van der Waals surface area contributed by atoms with Crippen molar-refractivity contribution in [1.82, 2.24) is 10.2 Å². The van der Waals surface area contributed by atoms with Gasteiger partial charge in [-0.2, -0.15) is 0 Å². The molecule has 0 aromatic carbocycles. The predicted molar refractivity (Wildman–Crippen MR) is 35.9 cm³/mol. The summed E-state index contributed by atoms with van der Waals surface area (Å²) in [7, 11) is 0. The van der Waals surface area contributed by atoms with E-state index in [9.17, 15) is 0 Å². The van der Waals surface area contributed by atoms with Crippen molar-refractivity contribution in [1.29, 1.82) is 0 Å².